The van der Waals surface area contributed by atoms with Crippen molar-refractivity contribution in [1.29, 1.82) is 0 Å². The molecule has 0 saturated heterocycles. The molecule has 3 rings (SSSR count). The molecule has 7 nitrogen and oxygen atoms in total. The summed E-state index contributed by atoms with van der Waals surface area (Å²) in [6, 6.07) is 8.75. The van der Waals surface area contributed by atoms with Gasteiger partial charge in [0.2, 0.25) is 5.89 Å². The minimum atomic E-state index is -0.490. The third-order valence-corrected chi connectivity index (χ3v) is 4.82. The van der Waals surface area contributed by atoms with Crippen LogP contribution in [-0.2, 0) is 20.7 Å². The highest BCUT2D eigenvalue weighted by Gasteiger charge is 2.18. The molecule has 2 heterocycles. The molecule has 0 aliphatic rings. The summed E-state index contributed by atoms with van der Waals surface area (Å²) < 4.78 is 20.9. The lowest BCUT2D eigenvalue weighted by molar-refractivity contribution is -0.135. The summed E-state index contributed by atoms with van der Waals surface area (Å²) in [6.45, 7) is 1.76. The van der Waals surface area contributed by atoms with Crippen molar-refractivity contribution < 1.29 is 28.2 Å². The van der Waals surface area contributed by atoms with Gasteiger partial charge in [-0.15, -0.1) is 11.3 Å². The summed E-state index contributed by atoms with van der Waals surface area (Å²) >= 11 is 1.51. The Morgan fingerprint density at radius 2 is 2.03 bits per heavy atom. The van der Waals surface area contributed by atoms with E-state index in [0.717, 1.165) is 4.88 Å². The van der Waals surface area contributed by atoms with Crippen molar-refractivity contribution >= 4 is 29.4 Å². The van der Waals surface area contributed by atoms with Crippen LogP contribution in [0, 0.1) is 6.92 Å². The number of nitrogens with zero attached hydrogens (tertiary/aromatic N) is 1. The van der Waals surface area contributed by atoms with Crippen LogP contribution < -0.4 is 9.47 Å². The summed E-state index contributed by atoms with van der Waals surface area (Å²) in [5.74, 6) is 0.730. The molecule has 2 aromatic heterocycles. The van der Waals surface area contributed by atoms with Crippen molar-refractivity contribution in [3.8, 4) is 22.3 Å². The third kappa shape index (κ3) is 5.11. The first-order chi connectivity index (χ1) is 14.0. The van der Waals surface area contributed by atoms with Crippen LogP contribution in [0.3, 0.4) is 0 Å². The lowest BCUT2D eigenvalue weighted by Gasteiger charge is -2.09. The molecule has 0 radical (unpaired) electrons. The monoisotopic (exact) mass is 413 g/mol. The molecule has 0 fully saturated rings. The Labute approximate surface area is 171 Å². The first-order valence-corrected chi connectivity index (χ1v) is 9.53. The van der Waals surface area contributed by atoms with Gasteiger partial charge in [-0.1, -0.05) is 12.1 Å². The molecule has 0 N–H and O–H groups in total. The summed E-state index contributed by atoms with van der Waals surface area (Å²) in [6.07, 6.45) is 2.83. The number of benzene rings is 1. The highest BCUT2D eigenvalue weighted by molar-refractivity contribution is 7.13. The van der Waals surface area contributed by atoms with E-state index in [9.17, 15) is 9.59 Å². The highest BCUT2D eigenvalue weighted by Crippen LogP contribution is 2.30. The fourth-order valence-electron chi connectivity index (χ4n) is 2.50. The first kappa shape index (κ1) is 20.3. The summed E-state index contributed by atoms with van der Waals surface area (Å²) in [4.78, 5) is 28.9. The normalized spacial score (nSPS) is 10.9. The zero-order valence-corrected chi connectivity index (χ0v) is 16.9. The number of methoxy groups -OCH3 is 2. The zero-order chi connectivity index (χ0) is 20.8. The number of carbonyl (C=O) groups excluding carboxylic acids is 2. The molecule has 29 heavy (non-hydrogen) atoms. The number of aromatic nitrogens is 1. The van der Waals surface area contributed by atoms with E-state index in [4.69, 9.17) is 13.9 Å². The van der Waals surface area contributed by atoms with Crippen LogP contribution >= 0.6 is 11.3 Å². The molecule has 0 unspecified atom stereocenters. The Kier molecular flexibility index (Phi) is 6.46. The largest absolute Gasteiger partial charge is 0.493 e. The van der Waals surface area contributed by atoms with Crippen LogP contribution in [0.2, 0.25) is 0 Å². The SMILES string of the molecule is COC(=O)/C=C/c1ccc(OC(=O)Cc2nc(-c3cccs3)oc2C)c(OC)c1. The van der Waals surface area contributed by atoms with E-state index in [-0.39, 0.29) is 12.2 Å². The molecule has 0 amide bonds. The van der Waals surface area contributed by atoms with Crippen molar-refractivity contribution in [2.24, 2.45) is 0 Å². The van der Waals surface area contributed by atoms with Crippen molar-refractivity contribution in [2.45, 2.75) is 13.3 Å². The number of rotatable bonds is 7. The molecule has 1 aromatic carbocycles. The molecule has 150 valence electrons. The fourth-order valence-corrected chi connectivity index (χ4v) is 3.15. The molecule has 0 aliphatic heterocycles. The van der Waals surface area contributed by atoms with Crippen LogP contribution in [0.5, 0.6) is 11.5 Å². The van der Waals surface area contributed by atoms with Gasteiger partial charge in [-0.05, 0) is 42.1 Å². The predicted octanol–water partition coefficient (Wildman–Crippen LogP) is 4.05. The van der Waals surface area contributed by atoms with Crippen LogP contribution in [-0.4, -0.2) is 31.1 Å². The number of ether oxygens (including phenoxy) is 3. The highest BCUT2D eigenvalue weighted by atomic mass is 32.1. The van der Waals surface area contributed by atoms with E-state index in [0.29, 0.717) is 28.7 Å². The number of esters is 2. The van der Waals surface area contributed by atoms with Crippen molar-refractivity contribution in [2.75, 3.05) is 14.2 Å². The Hall–Kier alpha value is -3.39. The minimum Gasteiger partial charge on any atom is -0.493 e. The lowest BCUT2D eigenvalue weighted by atomic mass is 10.2. The summed E-state index contributed by atoms with van der Waals surface area (Å²) in [7, 11) is 2.77. The van der Waals surface area contributed by atoms with Crippen molar-refractivity contribution in [3.05, 3.63) is 58.8 Å². The fraction of sp³-hybridized carbons (Fsp3) is 0.190. The molecular weight excluding hydrogens is 394 g/mol. The van der Waals surface area contributed by atoms with Gasteiger partial charge in [-0.25, -0.2) is 9.78 Å². The number of hydrogen-bond donors (Lipinski definition) is 0. The van der Waals surface area contributed by atoms with E-state index in [1.807, 2.05) is 17.5 Å². The maximum Gasteiger partial charge on any atom is 0.330 e. The second kappa shape index (κ2) is 9.20. The maximum absolute atomic E-state index is 12.4. The van der Waals surface area contributed by atoms with Gasteiger partial charge in [-0.3, -0.25) is 4.79 Å². The summed E-state index contributed by atoms with van der Waals surface area (Å²) in [5.41, 5.74) is 1.22. The number of carbonyl (C=O) groups is 2. The Bertz CT molecular complexity index is 1040. The third-order valence-electron chi connectivity index (χ3n) is 3.96. The molecule has 0 spiro atoms. The molecule has 0 bridgehead atoms. The number of hydrogen-bond acceptors (Lipinski definition) is 8. The van der Waals surface area contributed by atoms with E-state index < -0.39 is 11.9 Å². The zero-order valence-electron chi connectivity index (χ0n) is 16.1. The van der Waals surface area contributed by atoms with E-state index >= 15 is 0 Å². The lowest BCUT2D eigenvalue weighted by Crippen LogP contribution is -2.12. The molecule has 3 aromatic rings. The molecular formula is C21H19NO6S. The molecule has 8 heteroatoms. The predicted molar refractivity (Wildman–Crippen MR) is 108 cm³/mol. The Morgan fingerprint density at radius 1 is 1.21 bits per heavy atom. The van der Waals surface area contributed by atoms with Crippen LogP contribution in [0.15, 0.2) is 46.2 Å². The quantitative estimate of drug-likeness (QED) is 0.328. The number of aryl methyl sites for hydroxylation is 1. The topological polar surface area (TPSA) is 87.9 Å². The van der Waals surface area contributed by atoms with Gasteiger partial charge in [0.15, 0.2) is 11.5 Å². The van der Waals surface area contributed by atoms with Gasteiger partial charge in [0.25, 0.3) is 0 Å². The van der Waals surface area contributed by atoms with Crippen molar-refractivity contribution in [3.63, 3.8) is 0 Å². The summed E-state index contributed by atoms with van der Waals surface area (Å²) in [5, 5.41) is 1.93. The van der Waals surface area contributed by atoms with Crippen LogP contribution in [0.1, 0.15) is 17.0 Å². The van der Waals surface area contributed by atoms with Gasteiger partial charge in [0.1, 0.15) is 5.76 Å². The van der Waals surface area contributed by atoms with Crippen LogP contribution in [0.25, 0.3) is 16.8 Å². The van der Waals surface area contributed by atoms with E-state index in [2.05, 4.69) is 9.72 Å². The van der Waals surface area contributed by atoms with Gasteiger partial charge in [-0.2, -0.15) is 0 Å². The molecule has 0 saturated carbocycles. The molecule has 0 aliphatic carbocycles. The van der Waals surface area contributed by atoms with Gasteiger partial charge in [0, 0.05) is 6.08 Å². The van der Waals surface area contributed by atoms with E-state index in [1.54, 1.807) is 31.2 Å². The second-order valence-corrected chi connectivity index (χ2v) is 6.86. The Balaban J connectivity index is 1.70. The molecule has 0 atom stereocenters. The first-order valence-electron chi connectivity index (χ1n) is 8.65. The van der Waals surface area contributed by atoms with Gasteiger partial charge < -0.3 is 18.6 Å². The van der Waals surface area contributed by atoms with Crippen molar-refractivity contribution in [1.82, 2.24) is 4.98 Å². The number of thiophene rings is 1. The average Bonchev–Trinajstić information content (AvgIpc) is 3.37. The standard InChI is InChI=1S/C21H19NO6S/c1-13-15(22-21(27-13)18-5-4-10-29-18)12-20(24)28-16-8-6-14(11-17(16)25-2)7-9-19(23)26-3/h4-11H,12H2,1-3H3/b9-7+. The smallest absolute Gasteiger partial charge is 0.330 e. The van der Waals surface area contributed by atoms with Gasteiger partial charge in [0.05, 0.1) is 31.2 Å². The van der Waals surface area contributed by atoms with Gasteiger partial charge >= 0.3 is 11.9 Å². The average molecular weight is 413 g/mol. The number of oxazole rings is 1. The van der Waals surface area contributed by atoms with E-state index in [1.165, 1.54) is 31.6 Å². The van der Waals surface area contributed by atoms with Crippen LogP contribution in [0.4, 0.5) is 0 Å². The maximum atomic E-state index is 12.4. The minimum absolute atomic E-state index is 0.0339. The second-order valence-electron chi connectivity index (χ2n) is 5.92. The Morgan fingerprint density at radius 3 is 2.72 bits per heavy atom.